The van der Waals surface area contributed by atoms with Crippen molar-refractivity contribution in [2.45, 2.75) is 26.4 Å². The first-order chi connectivity index (χ1) is 14.4. The molecule has 0 fully saturated rings. The van der Waals surface area contributed by atoms with Crippen LogP contribution in [0.1, 0.15) is 33.3 Å². The fourth-order valence-electron chi connectivity index (χ4n) is 3.20. The number of esters is 1. The summed E-state index contributed by atoms with van der Waals surface area (Å²) in [6.45, 7) is 4.37. The van der Waals surface area contributed by atoms with Gasteiger partial charge in [0.05, 0.1) is 0 Å². The van der Waals surface area contributed by atoms with E-state index in [-0.39, 0.29) is 23.7 Å². The monoisotopic (exact) mass is 479 g/mol. The molecule has 1 N–H and O–H groups in total. The summed E-state index contributed by atoms with van der Waals surface area (Å²) in [6.07, 6.45) is 1.18. The Morgan fingerprint density at radius 3 is 2.55 bits per heavy atom. The molecule has 0 spiro atoms. The molecule has 31 heavy (non-hydrogen) atoms. The van der Waals surface area contributed by atoms with Gasteiger partial charge in [-0.25, -0.2) is 4.79 Å². The number of halogens is 2. The zero-order chi connectivity index (χ0) is 21.5. The third-order valence-electron chi connectivity index (χ3n) is 4.61. The topological polar surface area (TPSA) is 66.8 Å². The van der Waals surface area contributed by atoms with E-state index in [1.54, 1.807) is 17.0 Å². The number of para-hydroxylation sites is 1. The van der Waals surface area contributed by atoms with E-state index in [4.69, 9.17) is 16.7 Å². The lowest BCUT2D eigenvalue weighted by molar-refractivity contribution is -0.131. The second-order valence-corrected chi connectivity index (χ2v) is 8.22. The first-order valence-electron chi connectivity index (χ1n) is 9.45. The molecular weight excluding hydrogens is 457 g/mol. The largest absolute Gasteiger partial charge is 0.478 e. The van der Waals surface area contributed by atoms with Crippen LogP contribution in [0, 0.1) is 0 Å². The Kier molecular flexibility index (Phi) is 9.52. The SMILES string of the molecule is CC(=O)Oc1ccccc1C(=O)O.Cl.Clc1ccccc1CN1CCc2sccc2C1. The molecule has 1 aliphatic heterocycles. The minimum absolute atomic E-state index is 0. The standard InChI is InChI=1S/C14H14ClNS.C9H8O4.ClH/c15-13-4-2-1-3-11(13)9-16-7-5-14-12(10-16)6-8-17-14;1-6(10)13-8-5-3-2-4-7(8)9(11)12;/h1-4,6,8H,5,7,9-10H2;2-5H,1H3,(H,11,12);1H. The van der Waals surface area contributed by atoms with Gasteiger partial charge in [0.2, 0.25) is 0 Å². The second kappa shape index (κ2) is 11.9. The fraction of sp³-hybridized carbons (Fsp3) is 0.217. The van der Waals surface area contributed by atoms with Gasteiger partial charge in [-0.15, -0.1) is 23.7 Å². The number of carboxylic acid groups (broad SMARTS) is 1. The predicted octanol–water partition coefficient (Wildman–Crippen LogP) is 5.69. The maximum absolute atomic E-state index is 10.6. The Bertz CT molecular complexity index is 1040. The zero-order valence-corrected chi connectivity index (χ0v) is 19.3. The molecule has 1 aliphatic rings. The molecule has 0 aliphatic carbocycles. The molecule has 8 heteroatoms. The molecule has 5 nitrogen and oxygen atoms in total. The molecule has 0 amide bonds. The molecule has 2 aromatic carbocycles. The number of benzene rings is 2. The Balaban J connectivity index is 0.000000222. The van der Waals surface area contributed by atoms with Gasteiger partial charge in [-0.2, -0.15) is 0 Å². The minimum atomic E-state index is -1.11. The van der Waals surface area contributed by atoms with Crippen LogP contribution in [0.2, 0.25) is 5.02 Å². The molecule has 4 rings (SSSR count). The Morgan fingerprint density at radius 2 is 1.84 bits per heavy atom. The number of nitrogens with zero attached hydrogens (tertiary/aromatic N) is 1. The Hall–Kier alpha value is -2.38. The number of aromatic carboxylic acids is 1. The highest BCUT2D eigenvalue weighted by Gasteiger charge is 2.17. The summed E-state index contributed by atoms with van der Waals surface area (Å²) in [5.74, 6) is -1.58. The van der Waals surface area contributed by atoms with Crippen LogP contribution < -0.4 is 4.74 Å². The van der Waals surface area contributed by atoms with Crippen LogP contribution in [-0.2, 0) is 24.3 Å². The van der Waals surface area contributed by atoms with Crippen molar-refractivity contribution in [2.75, 3.05) is 6.54 Å². The van der Waals surface area contributed by atoms with Crippen molar-refractivity contribution < 1.29 is 19.4 Å². The summed E-state index contributed by atoms with van der Waals surface area (Å²) < 4.78 is 4.69. The van der Waals surface area contributed by atoms with Gasteiger partial charge in [-0.05, 0) is 47.2 Å². The highest BCUT2D eigenvalue weighted by molar-refractivity contribution is 7.10. The summed E-state index contributed by atoms with van der Waals surface area (Å²) in [6, 6.07) is 16.4. The van der Waals surface area contributed by atoms with Gasteiger partial charge < -0.3 is 9.84 Å². The number of hydrogen-bond acceptors (Lipinski definition) is 5. The van der Waals surface area contributed by atoms with Crippen LogP contribution in [0.3, 0.4) is 0 Å². The molecular formula is C23H23Cl2NO4S. The highest BCUT2D eigenvalue weighted by Crippen LogP contribution is 2.26. The third kappa shape index (κ3) is 7.08. The summed E-state index contributed by atoms with van der Waals surface area (Å²) in [5, 5.41) is 11.8. The number of rotatable bonds is 4. The van der Waals surface area contributed by atoms with Crippen molar-refractivity contribution in [3.8, 4) is 5.75 Å². The molecule has 1 aromatic heterocycles. The fourth-order valence-corrected chi connectivity index (χ4v) is 4.28. The number of thiophene rings is 1. The third-order valence-corrected chi connectivity index (χ3v) is 6.00. The molecule has 164 valence electrons. The molecule has 3 aromatic rings. The van der Waals surface area contributed by atoms with Crippen molar-refractivity contribution in [1.29, 1.82) is 0 Å². The first-order valence-corrected chi connectivity index (χ1v) is 10.7. The number of ether oxygens (including phenoxy) is 1. The van der Waals surface area contributed by atoms with Crippen LogP contribution in [0.5, 0.6) is 5.75 Å². The molecule has 0 saturated heterocycles. The minimum Gasteiger partial charge on any atom is -0.478 e. The van der Waals surface area contributed by atoms with Crippen molar-refractivity contribution >= 4 is 47.3 Å². The maximum Gasteiger partial charge on any atom is 0.339 e. The number of carboxylic acids is 1. The van der Waals surface area contributed by atoms with Gasteiger partial charge in [-0.3, -0.25) is 9.69 Å². The molecule has 0 saturated carbocycles. The Morgan fingerprint density at radius 1 is 1.13 bits per heavy atom. The average molecular weight is 480 g/mol. The van der Waals surface area contributed by atoms with E-state index >= 15 is 0 Å². The van der Waals surface area contributed by atoms with Gasteiger partial charge in [0, 0.05) is 36.5 Å². The van der Waals surface area contributed by atoms with Crippen LogP contribution in [0.25, 0.3) is 0 Å². The number of carbonyl (C=O) groups is 2. The van der Waals surface area contributed by atoms with Crippen LogP contribution in [-0.4, -0.2) is 28.5 Å². The molecule has 0 bridgehead atoms. The van der Waals surface area contributed by atoms with Crippen molar-refractivity contribution in [3.63, 3.8) is 0 Å². The van der Waals surface area contributed by atoms with Crippen LogP contribution in [0.15, 0.2) is 60.0 Å². The maximum atomic E-state index is 10.6. The summed E-state index contributed by atoms with van der Waals surface area (Å²) in [7, 11) is 0. The highest BCUT2D eigenvalue weighted by atomic mass is 35.5. The number of hydrogen-bond donors (Lipinski definition) is 1. The van der Waals surface area contributed by atoms with E-state index in [1.807, 2.05) is 23.5 Å². The van der Waals surface area contributed by atoms with Crippen molar-refractivity contribution in [3.05, 3.63) is 86.6 Å². The molecule has 0 unspecified atom stereocenters. The van der Waals surface area contributed by atoms with Gasteiger partial charge in [0.25, 0.3) is 0 Å². The van der Waals surface area contributed by atoms with E-state index < -0.39 is 11.9 Å². The van der Waals surface area contributed by atoms with Gasteiger partial charge in [0.1, 0.15) is 11.3 Å². The normalized spacial score (nSPS) is 12.6. The lowest BCUT2D eigenvalue weighted by Crippen LogP contribution is -2.29. The molecule has 0 atom stereocenters. The molecule has 0 radical (unpaired) electrons. The summed E-state index contributed by atoms with van der Waals surface area (Å²) in [4.78, 5) is 25.2. The summed E-state index contributed by atoms with van der Waals surface area (Å²) in [5.41, 5.74) is 2.71. The van der Waals surface area contributed by atoms with Gasteiger partial charge in [-0.1, -0.05) is 41.9 Å². The first kappa shape index (κ1) is 24.9. The van der Waals surface area contributed by atoms with Gasteiger partial charge >= 0.3 is 11.9 Å². The van der Waals surface area contributed by atoms with E-state index in [9.17, 15) is 9.59 Å². The zero-order valence-electron chi connectivity index (χ0n) is 16.9. The van der Waals surface area contributed by atoms with Crippen LogP contribution in [0.4, 0.5) is 0 Å². The van der Waals surface area contributed by atoms with E-state index in [2.05, 4.69) is 33.2 Å². The summed E-state index contributed by atoms with van der Waals surface area (Å²) >= 11 is 8.08. The molecule has 2 heterocycles. The smallest absolute Gasteiger partial charge is 0.339 e. The lowest BCUT2D eigenvalue weighted by atomic mass is 10.1. The predicted molar refractivity (Wildman–Crippen MR) is 126 cm³/mol. The van der Waals surface area contributed by atoms with Crippen molar-refractivity contribution in [2.24, 2.45) is 0 Å². The lowest BCUT2D eigenvalue weighted by Gasteiger charge is -2.27. The Labute approximate surface area is 196 Å². The van der Waals surface area contributed by atoms with Crippen molar-refractivity contribution in [1.82, 2.24) is 4.90 Å². The number of fused-ring (bicyclic) bond motifs is 1. The van der Waals surface area contributed by atoms with E-state index in [0.29, 0.717) is 0 Å². The van der Waals surface area contributed by atoms with Gasteiger partial charge in [0.15, 0.2) is 0 Å². The second-order valence-electron chi connectivity index (χ2n) is 6.82. The van der Waals surface area contributed by atoms with E-state index in [0.717, 1.165) is 24.7 Å². The van der Waals surface area contributed by atoms with Crippen LogP contribution >= 0.6 is 35.3 Å². The quantitative estimate of drug-likeness (QED) is 0.384. The number of carbonyl (C=O) groups excluding carboxylic acids is 1. The van der Waals surface area contributed by atoms with E-state index in [1.165, 1.54) is 36.6 Å². The average Bonchev–Trinajstić information content (AvgIpc) is 3.18.